The highest BCUT2D eigenvalue weighted by molar-refractivity contribution is 5.77. The number of ether oxygens (including phenoxy) is 1. The molecule has 8 heteroatoms. The van der Waals surface area contributed by atoms with Gasteiger partial charge in [-0.25, -0.2) is 9.61 Å². The van der Waals surface area contributed by atoms with Gasteiger partial charge < -0.3 is 4.74 Å². The summed E-state index contributed by atoms with van der Waals surface area (Å²) in [5, 5.41) is 8.22. The van der Waals surface area contributed by atoms with Crippen LogP contribution >= 0.6 is 0 Å². The zero-order chi connectivity index (χ0) is 17.9. The second-order valence-electron chi connectivity index (χ2n) is 6.46. The van der Waals surface area contributed by atoms with E-state index in [-0.39, 0.29) is 11.6 Å². The fourth-order valence-electron chi connectivity index (χ4n) is 3.61. The Morgan fingerprint density at radius 2 is 2.23 bits per heavy atom. The van der Waals surface area contributed by atoms with Gasteiger partial charge in [0.15, 0.2) is 0 Å². The number of hydrogen-bond donors (Lipinski definition) is 0. The number of benzene rings is 1. The summed E-state index contributed by atoms with van der Waals surface area (Å²) >= 11 is 0. The molecule has 8 nitrogen and oxygen atoms in total. The lowest BCUT2D eigenvalue weighted by molar-refractivity contribution is 0.178. The quantitative estimate of drug-likeness (QED) is 0.666. The minimum atomic E-state index is -0.0161. The maximum absolute atomic E-state index is 13.0. The van der Waals surface area contributed by atoms with Gasteiger partial charge in [-0.1, -0.05) is 22.4 Å². The van der Waals surface area contributed by atoms with Crippen molar-refractivity contribution in [3.05, 3.63) is 52.3 Å². The summed E-state index contributed by atoms with van der Waals surface area (Å²) in [5.74, 6) is 0.791. The standard InChI is InChI=1S/C18H21N5O3/c1-25-10-9-23-17(20-15-6-3-2-5-14(15)18(23)24)16-7-4-8-22(16)12-13-11-19-26-21-13/h2-3,5-6,11,16H,4,7-10,12H2,1H3. The molecule has 1 unspecified atom stereocenters. The molecule has 0 bridgehead atoms. The third-order valence-electron chi connectivity index (χ3n) is 4.84. The number of rotatable bonds is 6. The van der Waals surface area contributed by atoms with Crippen LogP contribution in [0, 0.1) is 0 Å². The Labute approximate surface area is 150 Å². The summed E-state index contributed by atoms with van der Waals surface area (Å²) in [6.07, 6.45) is 3.62. The maximum Gasteiger partial charge on any atom is 0.261 e. The van der Waals surface area contributed by atoms with Crippen molar-refractivity contribution in [2.24, 2.45) is 0 Å². The predicted molar refractivity (Wildman–Crippen MR) is 94.6 cm³/mol. The number of likely N-dealkylation sites (tertiary alicyclic amines) is 1. The molecular formula is C18H21N5O3. The van der Waals surface area contributed by atoms with Crippen LogP contribution in [0.25, 0.3) is 10.9 Å². The normalized spacial score (nSPS) is 18.0. The van der Waals surface area contributed by atoms with Gasteiger partial charge >= 0.3 is 0 Å². The molecule has 0 N–H and O–H groups in total. The summed E-state index contributed by atoms with van der Waals surface area (Å²) in [7, 11) is 1.64. The number of methoxy groups -OCH3 is 1. The average molecular weight is 355 g/mol. The molecule has 1 fully saturated rings. The molecule has 136 valence electrons. The molecule has 0 radical (unpaired) electrons. The number of aromatic nitrogens is 4. The fourth-order valence-corrected chi connectivity index (χ4v) is 3.61. The average Bonchev–Trinajstić information content (AvgIpc) is 3.33. The fraction of sp³-hybridized carbons (Fsp3) is 0.444. The van der Waals surface area contributed by atoms with E-state index in [0.29, 0.717) is 25.1 Å². The van der Waals surface area contributed by atoms with Crippen LogP contribution in [0.1, 0.15) is 30.4 Å². The molecule has 0 amide bonds. The molecule has 3 aromatic rings. The molecule has 1 aliphatic heterocycles. The van der Waals surface area contributed by atoms with Gasteiger partial charge in [-0.15, -0.1) is 0 Å². The summed E-state index contributed by atoms with van der Waals surface area (Å²) in [6, 6.07) is 7.55. The van der Waals surface area contributed by atoms with E-state index in [1.165, 1.54) is 0 Å². The van der Waals surface area contributed by atoms with Crippen molar-refractivity contribution in [2.45, 2.75) is 32.0 Å². The van der Waals surface area contributed by atoms with E-state index in [1.807, 2.05) is 24.3 Å². The van der Waals surface area contributed by atoms with Crippen LogP contribution in [-0.2, 0) is 17.8 Å². The molecular weight excluding hydrogens is 334 g/mol. The Morgan fingerprint density at radius 1 is 1.35 bits per heavy atom. The van der Waals surface area contributed by atoms with Crippen LogP contribution in [0.5, 0.6) is 0 Å². The van der Waals surface area contributed by atoms with Crippen LogP contribution < -0.4 is 5.56 Å². The largest absolute Gasteiger partial charge is 0.383 e. The zero-order valence-corrected chi connectivity index (χ0v) is 14.7. The molecule has 4 rings (SSSR count). The van der Waals surface area contributed by atoms with Gasteiger partial charge in [-0.05, 0) is 31.5 Å². The molecule has 0 spiro atoms. The third-order valence-corrected chi connectivity index (χ3v) is 4.84. The smallest absolute Gasteiger partial charge is 0.261 e. The summed E-state index contributed by atoms with van der Waals surface area (Å²) < 4.78 is 11.7. The molecule has 1 aliphatic rings. The Kier molecular flexibility index (Phi) is 4.77. The molecule has 3 heterocycles. The highest BCUT2D eigenvalue weighted by Gasteiger charge is 2.31. The first-order valence-corrected chi connectivity index (χ1v) is 8.77. The second kappa shape index (κ2) is 7.35. The highest BCUT2D eigenvalue weighted by atomic mass is 16.6. The van der Waals surface area contributed by atoms with Crippen molar-refractivity contribution in [3.63, 3.8) is 0 Å². The molecule has 0 saturated carbocycles. The minimum absolute atomic E-state index is 0.0161. The van der Waals surface area contributed by atoms with Gasteiger partial charge in [0.2, 0.25) is 0 Å². The molecule has 1 saturated heterocycles. The van der Waals surface area contributed by atoms with Crippen molar-refractivity contribution in [1.29, 1.82) is 0 Å². The first kappa shape index (κ1) is 16.9. The van der Waals surface area contributed by atoms with E-state index in [2.05, 4.69) is 15.2 Å². The van der Waals surface area contributed by atoms with Crippen molar-refractivity contribution in [1.82, 2.24) is 24.8 Å². The third kappa shape index (κ3) is 3.13. The minimum Gasteiger partial charge on any atom is -0.383 e. The lowest BCUT2D eigenvalue weighted by atomic mass is 10.1. The lowest BCUT2D eigenvalue weighted by Crippen LogP contribution is -2.33. The molecule has 0 aliphatic carbocycles. The zero-order valence-electron chi connectivity index (χ0n) is 14.7. The van der Waals surface area contributed by atoms with E-state index in [9.17, 15) is 4.79 Å². The summed E-state index contributed by atoms with van der Waals surface area (Å²) in [4.78, 5) is 20.2. The predicted octanol–water partition coefficient (Wildman–Crippen LogP) is 1.76. The molecule has 1 aromatic carbocycles. The first-order chi connectivity index (χ1) is 12.8. The van der Waals surface area contributed by atoms with Crippen LogP contribution in [0.2, 0.25) is 0 Å². The Hall–Kier alpha value is -2.58. The number of hydrogen-bond acceptors (Lipinski definition) is 7. The van der Waals surface area contributed by atoms with Crippen molar-refractivity contribution >= 4 is 10.9 Å². The van der Waals surface area contributed by atoms with Gasteiger partial charge in [0.1, 0.15) is 11.5 Å². The topological polar surface area (TPSA) is 86.3 Å². The van der Waals surface area contributed by atoms with Gasteiger partial charge in [-0.3, -0.25) is 14.3 Å². The highest BCUT2D eigenvalue weighted by Crippen LogP contribution is 2.32. The van der Waals surface area contributed by atoms with Crippen molar-refractivity contribution in [2.75, 3.05) is 20.3 Å². The van der Waals surface area contributed by atoms with E-state index in [0.717, 1.165) is 36.4 Å². The van der Waals surface area contributed by atoms with Crippen molar-refractivity contribution in [3.8, 4) is 0 Å². The Morgan fingerprint density at radius 3 is 3.04 bits per heavy atom. The van der Waals surface area contributed by atoms with E-state index < -0.39 is 0 Å². The van der Waals surface area contributed by atoms with E-state index in [1.54, 1.807) is 17.9 Å². The molecule has 26 heavy (non-hydrogen) atoms. The van der Waals surface area contributed by atoms with Gasteiger partial charge in [0, 0.05) is 13.7 Å². The second-order valence-corrected chi connectivity index (χ2v) is 6.46. The number of para-hydroxylation sites is 1. The maximum atomic E-state index is 13.0. The van der Waals surface area contributed by atoms with Gasteiger partial charge in [0.05, 0.1) is 36.3 Å². The van der Waals surface area contributed by atoms with Gasteiger partial charge in [-0.2, -0.15) is 0 Å². The molecule has 1 atom stereocenters. The van der Waals surface area contributed by atoms with Crippen LogP contribution in [-0.4, -0.2) is 45.0 Å². The number of fused-ring (bicyclic) bond motifs is 1. The summed E-state index contributed by atoms with van der Waals surface area (Å²) in [6.45, 7) is 2.50. The van der Waals surface area contributed by atoms with Crippen LogP contribution in [0.15, 0.2) is 39.9 Å². The first-order valence-electron chi connectivity index (χ1n) is 8.77. The van der Waals surface area contributed by atoms with Crippen LogP contribution in [0.4, 0.5) is 0 Å². The monoisotopic (exact) mass is 355 g/mol. The SMILES string of the molecule is COCCn1c(C2CCCN2Cc2cnon2)nc2ccccc2c1=O. The van der Waals surface area contributed by atoms with E-state index >= 15 is 0 Å². The summed E-state index contributed by atoms with van der Waals surface area (Å²) in [5.41, 5.74) is 1.50. The Balaban J connectivity index is 1.77. The van der Waals surface area contributed by atoms with Gasteiger partial charge in [0.25, 0.3) is 5.56 Å². The lowest BCUT2D eigenvalue weighted by Gasteiger charge is -2.25. The molecule has 2 aromatic heterocycles. The van der Waals surface area contributed by atoms with E-state index in [4.69, 9.17) is 14.3 Å². The van der Waals surface area contributed by atoms with Crippen LogP contribution in [0.3, 0.4) is 0 Å². The number of nitrogens with zero attached hydrogens (tertiary/aromatic N) is 5. The van der Waals surface area contributed by atoms with Crippen molar-refractivity contribution < 1.29 is 9.37 Å². The Bertz CT molecular complexity index is 938.